The molecule has 0 radical (unpaired) electrons. The summed E-state index contributed by atoms with van der Waals surface area (Å²) in [6.07, 6.45) is 5.48. The molecule has 0 aliphatic heterocycles. The van der Waals surface area contributed by atoms with Crippen molar-refractivity contribution in [1.29, 1.82) is 0 Å². The van der Waals surface area contributed by atoms with Gasteiger partial charge in [-0.25, -0.2) is 0 Å². The smallest absolute Gasteiger partial charge is 0.308 e. The van der Waals surface area contributed by atoms with E-state index in [0.29, 0.717) is 18.7 Å². The average molecular weight is 425 g/mol. The third kappa shape index (κ3) is 5.63. The van der Waals surface area contributed by atoms with E-state index in [2.05, 4.69) is 0 Å². The van der Waals surface area contributed by atoms with Gasteiger partial charge in [0.05, 0.1) is 18.7 Å². The SMILES string of the molecule is CCN(C(=O)Cn1cccc1C(=O)CC1CCC(C(=O)OC)CC1)c1cccc(C)c1. The van der Waals surface area contributed by atoms with Crippen LogP contribution < -0.4 is 4.90 Å². The summed E-state index contributed by atoms with van der Waals surface area (Å²) in [5.41, 5.74) is 2.54. The molecule has 1 saturated carbocycles. The number of benzene rings is 1. The second-order valence-corrected chi connectivity index (χ2v) is 8.37. The van der Waals surface area contributed by atoms with Crippen molar-refractivity contribution >= 4 is 23.3 Å². The lowest BCUT2D eigenvalue weighted by molar-refractivity contribution is -0.146. The fraction of sp³-hybridized carbons (Fsp3) is 0.480. The molecule has 1 fully saturated rings. The van der Waals surface area contributed by atoms with Gasteiger partial charge in [0.1, 0.15) is 6.54 Å². The molecular formula is C25H32N2O4. The van der Waals surface area contributed by atoms with Crippen molar-refractivity contribution in [2.24, 2.45) is 11.8 Å². The molecule has 1 aliphatic rings. The standard InChI is InChI=1S/C25H32N2O4/c1-4-27(21-8-5-7-18(2)15-21)24(29)17-26-14-6-9-22(26)23(28)16-19-10-12-20(13-11-19)25(30)31-3/h5-9,14-15,19-20H,4,10-13,16-17H2,1-3H3. The zero-order valence-corrected chi connectivity index (χ0v) is 18.7. The first-order chi connectivity index (χ1) is 14.9. The van der Waals surface area contributed by atoms with Gasteiger partial charge in [0.2, 0.25) is 5.91 Å². The average Bonchev–Trinajstić information content (AvgIpc) is 3.22. The summed E-state index contributed by atoms with van der Waals surface area (Å²) in [6.45, 7) is 4.65. The van der Waals surface area contributed by atoms with E-state index in [1.54, 1.807) is 21.7 Å². The van der Waals surface area contributed by atoms with E-state index < -0.39 is 0 Å². The van der Waals surface area contributed by atoms with Crippen LogP contribution in [-0.4, -0.2) is 35.9 Å². The Hall–Kier alpha value is -2.89. The summed E-state index contributed by atoms with van der Waals surface area (Å²) in [7, 11) is 1.42. The number of aromatic nitrogens is 1. The monoisotopic (exact) mass is 424 g/mol. The minimum atomic E-state index is -0.147. The van der Waals surface area contributed by atoms with E-state index in [0.717, 1.165) is 36.9 Å². The van der Waals surface area contributed by atoms with Gasteiger partial charge in [-0.3, -0.25) is 14.4 Å². The molecule has 6 heteroatoms. The zero-order valence-electron chi connectivity index (χ0n) is 18.7. The number of carbonyl (C=O) groups excluding carboxylic acids is 3. The fourth-order valence-electron chi connectivity index (χ4n) is 4.47. The van der Waals surface area contributed by atoms with Crippen LogP contribution in [0.5, 0.6) is 0 Å². The number of ether oxygens (including phenoxy) is 1. The second kappa shape index (κ2) is 10.4. The van der Waals surface area contributed by atoms with Crippen molar-refractivity contribution in [2.75, 3.05) is 18.6 Å². The number of hydrogen-bond donors (Lipinski definition) is 0. The third-order valence-electron chi connectivity index (χ3n) is 6.21. The summed E-state index contributed by atoms with van der Waals surface area (Å²) < 4.78 is 6.59. The first-order valence-electron chi connectivity index (χ1n) is 11.1. The number of Topliss-reactive ketones (excluding diaryl/α,β-unsaturated/α-hetero) is 1. The quantitative estimate of drug-likeness (QED) is 0.465. The minimum absolute atomic E-state index is 0.0421. The molecule has 0 atom stereocenters. The Morgan fingerprint density at radius 1 is 1.10 bits per heavy atom. The van der Waals surface area contributed by atoms with Crippen LogP contribution in [0.25, 0.3) is 0 Å². The van der Waals surface area contributed by atoms with Gasteiger partial charge in [-0.15, -0.1) is 0 Å². The van der Waals surface area contributed by atoms with Crippen LogP contribution >= 0.6 is 0 Å². The normalized spacial score (nSPS) is 18.4. The maximum atomic E-state index is 13.0. The molecule has 6 nitrogen and oxygen atoms in total. The number of esters is 1. The topological polar surface area (TPSA) is 68.6 Å². The highest BCUT2D eigenvalue weighted by molar-refractivity contribution is 5.97. The zero-order chi connectivity index (χ0) is 22.4. The molecule has 166 valence electrons. The minimum Gasteiger partial charge on any atom is -0.469 e. The summed E-state index contributed by atoms with van der Waals surface area (Å²) in [5.74, 6) is 0.0903. The first-order valence-corrected chi connectivity index (χ1v) is 11.1. The van der Waals surface area contributed by atoms with Gasteiger partial charge >= 0.3 is 5.97 Å². The number of hydrogen-bond acceptors (Lipinski definition) is 4. The number of anilines is 1. The van der Waals surface area contributed by atoms with Crippen molar-refractivity contribution < 1.29 is 19.1 Å². The van der Waals surface area contributed by atoms with Gasteiger partial charge in [-0.1, -0.05) is 12.1 Å². The number of ketones is 1. The highest BCUT2D eigenvalue weighted by Crippen LogP contribution is 2.32. The number of likely N-dealkylation sites (N-methyl/N-ethyl adjacent to an activating group) is 1. The van der Waals surface area contributed by atoms with Crippen LogP contribution in [-0.2, 0) is 20.9 Å². The number of aryl methyl sites for hydroxylation is 1. The van der Waals surface area contributed by atoms with E-state index in [-0.39, 0.29) is 36.0 Å². The summed E-state index contributed by atoms with van der Waals surface area (Å²) in [6, 6.07) is 11.5. The van der Waals surface area contributed by atoms with E-state index in [4.69, 9.17) is 4.74 Å². The highest BCUT2D eigenvalue weighted by atomic mass is 16.5. The maximum absolute atomic E-state index is 13.0. The van der Waals surface area contributed by atoms with E-state index in [9.17, 15) is 14.4 Å². The highest BCUT2D eigenvalue weighted by Gasteiger charge is 2.29. The molecule has 0 bridgehead atoms. The van der Waals surface area contributed by atoms with E-state index >= 15 is 0 Å². The Bertz CT molecular complexity index is 925. The van der Waals surface area contributed by atoms with Crippen molar-refractivity contribution in [2.45, 2.75) is 52.5 Å². The lowest BCUT2D eigenvalue weighted by atomic mass is 9.79. The van der Waals surface area contributed by atoms with Gasteiger partial charge in [0.15, 0.2) is 5.78 Å². The van der Waals surface area contributed by atoms with Crippen LogP contribution in [0.3, 0.4) is 0 Å². The predicted molar refractivity (Wildman–Crippen MR) is 120 cm³/mol. The number of amides is 1. The molecule has 1 amide bonds. The predicted octanol–water partition coefficient (Wildman–Crippen LogP) is 4.40. The largest absolute Gasteiger partial charge is 0.469 e. The van der Waals surface area contributed by atoms with Crippen LogP contribution in [0.15, 0.2) is 42.6 Å². The molecule has 1 aromatic heterocycles. The number of rotatable bonds is 8. The Kier molecular flexibility index (Phi) is 7.66. The van der Waals surface area contributed by atoms with Gasteiger partial charge in [-0.05, 0) is 75.3 Å². The lowest BCUT2D eigenvalue weighted by Gasteiger charge is -2.26. The lowest BCUT2D eigenvalue weighted by Crippen LogP contribution is -2.34. The molecule has 1 heterocycles. The Labute approximate surface area is 184 Å². The molecule has 0 spiro atoms. The molecule has 1 aromatic carbocycles. The molecule has 0 unspecified atom stereocenters. The molecule has 3 rings (SSSR count). The van der Waals surface area contributed by atoms with Crippen LogP contribution in [0, 0.1) is 18.8 Å². The molecular weight excluding hydrogens is 392 g/mol. The summed E-state index contributed by atoms with van der Waals surface area (Å²) in [4.78, 5) is 39.4. The fourth-order valence-corrected chi connectivity index (χ4v) is 4.47. The van der Waals surface area contributed by atoms with Gasteiger partial charge in [0, 0.05) is 24.8 Å². The molecule has 0 saturated heterocycles. The molecule has 0 N–H and O–H groups in total. The third-order valence-corrected chi connectivity index (χ3v) is 6.21. The van der Waals surface area contributed by atoms with Gasteiger partial charge in [0.25, 0.3) is 0 Å². The van der Waals surface area contributed by atoms with Crippen molar-refractivity contribution in [1.82, 2.24) is 4.57 Å². The van der Waals surface area contributed by atoms with Crippen molar-refractivity contribution in [3.8, 4) is 0 Å². The van der Waals surface area contributed by atoms with Crippen LogP contribution in [0.4, 0.5) is 5.69 Å². The number of nitrogens with zero attached hydrogens (tertiary/aromatic N) is 2. The number of methoxy groups -OCH3 is 1. The van der Waals surface area contributed by atoms with E-state index in [1.165, 1.54) is 7.11 Å². The van der Waals surface area contributed by atoms with Gasteiger partial charge in [-0.2, -0.15) is 0 Å². The molecule has 2 aromatic rings. The van der Waals surface area contributed by atoms with Crippen molar-refractivity contribution in [3.05, 3.63) is 53.9 Å². The van der Waals surface area contributed by atoms with Gasteiger partial charge < -0.3 is 14.2 Å². The molecule has 31 heavy (non-hydrogen) atoms. The Balaban J connectivity index is 1.62. The Morgan fingerprint density at radius 2 is 1.84 bits per heavy atom. The van der Waals surface area contributed by atoms with Crippen molar-refractivity contribution in [3.63, 3.8) is 0 Å². The Morgan fingerprint density at radius 3 is 2.48 bits per heavy atom. The summed E-state index contributed by atoms with van der Waals surface area (Å²) in [5, 5.41) is 0. The van der Waals surface area contributed by atoms with E-state index in [1.807, 2.05) is 44.2 Å². The molecule has 1 aliphatic carbocycles. The van der Waals surface area contributed by atoms with Crippen LogP contribution in [0.2, 0.25) is 0 Å². The van der Waals surface area contributed by atoms with Crippen LogP contribution in [0.1, 0.15) is 55.1 Å². The first kappa shape index (κ1) is 22.8. The second-order valence-electron chi connectivity index (χ2n) is 8.37. The summed E-state index contributed by atoms with van der Waals surface area (Å²) >= 11 is 0. The maximum Gasteiger partial charge on any atom is 0.308 e. The number of carbonyl (C=O) groups is 3.